The lowest BCUT2D eigenvalue weighted by molar-refractivity contribution is 1.18. The van der Waals surface area contributed by atoms with Gasteiger partial charge in [0, 0.05) is 32.8 Å². The molecule has 68 heavy (non-hydrogen) atoms. The van der Waals surface area contributed by atoms with Gasteiger partial charge in [-0.05, 0) is 134 Å². The molecule has 13 rings (SSSR count). The first-order chi connectivity index (χ1) is 33.7. The Morgan fingerprint density at radius 3 is 1.12 bits per heavy atom. The number of aromatic nitrogens is 2. The van der Waals surface area contributed by atoms with Crippen molar-refractivity contribution < 1.29 is 0 Å². The van der Waals surface area contributed by atoms with Crippen LogP contribution in [0.2, 0.25) is 0 Å². The molecule has 2 aromatic heterocycles. The van der Waals surface area contributed by atoms with Gasteiger partial charge in [-0.1, -0.05) is 194 Å². The third-order valence-corrected chi connectivity index (χ3v) is 13.7. The molecule has 0 amide bonds. The third kappa shape index (κ3) is 6.82. The van der Waals surface area contributed by atoms with Gasteiger partial charge >= 0.3 is 0 Å². The Hall–Kier alpha value is -8.98. The van der Waals surface area contributed by atoms with Gasteiger partial charge in [0.2, 0.25) is 0 Å². The second kappa shape index (κ2) is 16.5. The fourth-order valence-electron chi connectivity index (χ4n) is 10.4. The predicted octanol–water partition coefficient (Wildman–Crippen LogP) is 17.9. The van der Waals surface area contributed by atoms with Crippen molar-refractivity contribution in [1.82, 2.24) is 9.13 Å². The first-order valence-corrected chi connectivity index (χ1v) is 23.4. The molecular formula is C66H44N2. The van der Waals surface area contributed by atoms with E-state index in [1.165, 1.54) is 116 Å². The molecule has 13 aromatic rings. The Morgan fingerprint density at radius 1 is 0.191 bits per heavy atom. The molecule has 0 N–H and O–H groups in total. The summed E-state index contributed by atoms with van der Waals surface area (Å²) >= 11 is 0. The fraction of sp³-hybridized carbons (Fsp3) is 0. The molecule has 11 aromatic carbocycles. The Labute approximate surface area is 395 Å². The summed E-state index contributed by atoms with van der Waals surface area (Å²) in [6.45, 7) is 0. The highest BCUT2D eigenvalue weighted by molar-refractivity contribution is 6.13. The zero-order valence-corrected chi connectivity index (χ0v) is 37.3. The Morgan fingerprint density at radius 2 is 0.544 bits per heavy atom. The maximum atomic E-state index is 2.45. The summed E-state index contributed by atoms with van der Waals surface area (Å²) in [6.07, 6.45) is 0. The van der Waals surface area contributed by atoms with Gasteiger partial charge in [0.05, 0.1) is 27.8 Å². The van der Waals surface area contributed by atoms with Crippen LogP contribution < -0.4 is 0 Å². The molecule has 0 bridgehead atoms. The summed E-state index contributed by atoms with van der Waals surface area (Å²) in [4.78, 5) is 0. The van der Waals surface area contributed by atoms with E-state index in [4.69, 9.17) is 0 Å². The molecule has 0 aliphatic heterocycles. The van der Waals surface area contributed by atoms with Crippen LogP contribution in [0.15, 0.2) is 267 Å². The van der Waals surface area contributed by atoms with Crippen molar-refractivity contribution in [3.8, 4) is 78.1 Å². The largest absolute Gasteiger partial charge is 0.309 e. The normalized spacial score (nSPS) is 11.5. The molecule has 0 radical (unpaired) electrons. The van der Waals surface area contributed by atoms with Crippen molar-refractivity contribution in [2.24, 2.45) is 0 Å². The minimum absolute atomic E-state index is 1.16. The molecule has 0 aliphatic carbocycles. The van der Waals surface area contributed by atoms with Crippen LogP contribution in [0.5, 0.6) is 0 Å². The first kappa shape index (κ1) is 39.4. The van der Waals surface area contributed by atoms with Gasteiger partial charge in [0.25, 0.3) is 0 Å². The minimum atomic E-state index is 1.16. The summed E-state index contributed by atoms with van der Waals surface area (Å²) in [7, 11) is 0. The molecule has 0 saturated carbocycles. The third-order valence-electron chi connectivity index (χ3n) is 13.7. The molecule has 0 unspecified atom stereocenters. The quantitative estimate of drug-likeness (QED) is 0.144. The molecule has 2 heteroatoms. The topological polar surface area (TPSA) is 9.86 Å². The highest BCUT2D eigenvalue weighted by Gasteiger charge is 2.18. The van der Waals surface area contributed by atoms with Gasteiger partial charge < -0.3 is 9.13 Å². The van der Waals surface area contributed by atoms with Crippen LogP contribution in [0, 0.1) is 0 Å². The van der Waals surface area contributed by atoms with Gasteiger partial charge in [-0.2, -0.15) is 0 Å². The number of hydrogen-bond acceptors (Lipinski definition) is 0. The fourth-order valence-corrected chi connectivity index (χ4v) is 10.4. The molecule has 0 fully saturated rings. The molecular weight excluding hydrogens is 821 g/mol. The van der Waals surface area contributed by atoms with Gasteiger partial charge in [-0.15, -0.1) is 0 Å². The Kier molecular flexibility index (Phi) is 9.54. The van der Waals surface area contributed by atoms with Crippen molar-refractivity contribution in [3.63, 3.8) is 0 Å². The van der Waals surface area contributed by atoms with Crippen LogP contribution >= 0.6 is 0 Å². The monoisotopic (exact) mass is 864 g/mol. The van der Waals surface area contributed by atoms with E-state index in [0.29, 0.717) is 0 Å². The molecule has 0 saturated heterocycles. The van der Waals surface area contributed by atoms with Gasteiger partial charge in [0.1, 0.15) is 0 Å². The van der Waals surface area contributed by atoms with Crippen LogP contribution in [0.1, 0.15) is 0 Å². The number of rotatable bonds is 8. The number of benzene rings is 11. The van der Waals surface area contributed by atoms with E-state index in [2.05, 4.69) is 276 Å². The average molecular weight is 865 g/mol. The second-order valence-corrected chi connectivity index (χ2v) is 17.7. The van der Waals surface area contributed by atoms with Crippen molar-refractivity contribution in [2.45, 2.75) is 0 Å². The van der Waals surface area contributed by atoms with E-state index in [1.54, 1.807) is 0 Å². The molecule has 2 nitrogen and oxygen atoms in total. The summed E-state index contributed by atoms with van der Waals surface area (Å²) in [6, 6.07) is 97.3. The van der Waals surface area contributed by atoms with Crippen LogP contribution in [0.3, 0.4) is 0 Å². The minimum Gasteiger partial charge on any atom is -0.309 e. The number of hydrogen-bond donors (Lipinski definition) is 0. The van der Waals surface area contributed by atoms with Crippen molar-refractivity contribution in [3.05, 3.63) is 267 Å². The zero-order valence-electron chi connectivity index (χ0n) is 37.3. The predicted molar refractivity (Wildman–Crippen MR) is 288 cm³/mol. The van der Waals surface area contributed by atoms with Crippen molar-refractivity contribution in [2.75, 3.05) is 0 Å². The number of fused-ring (bicyclic) bond motifs is 6. The maximum absolute atomic E-state index is 2.45. The van der Waals surface area contributed by atoms with Crippen LogP contribution in [-0.4, -0.2) is 9.13 Å². The van der Waals surface area contributed by atoms with Crippen molar-refractivity contribution >= 4 is 43.6 Å². The Bertz CT molecular complexity index is 4000. The lowest BCUT2D eigenvalue weighted by Crippen LogP contribution is -1.97. The summed E-state index contributed by atoms with van der Waals surface area (Å²) in [5.41, 5.74) is 21.5. The molecule has 0 aliphatic rings. The van der Waals surface area contributed by atoms with Crippen LogP contribution in [0.25, 0.3) is 122 Å². The highest BCUT2D eigenvalue weighted by Crippen LogP contribution is 2.41. The van der Waals surface area contributed by atoms with E-state index in [9.17, 15) is 0 Å². The standard InChI is InChI=1S/C66H44N2/c1-3-16-45(17-4-1)48-18-13-21-51(40-48)52-22-14-19-49(41-52)46-32-34-47(35-33-46)50-20-15-23-55(42-50)57-26-7-10-29-62(57)68-64-31-12-9-28-59(64)61-44-54(37-39-66(61)68)53-36-38-65-60(43-53)58-27-8-11-30-63(58)67(65)56-24-5-2-6-25-56/h1-44H. The van der Waals surface area contributed by atoms with E-state index < -0.39 is 0 Å². The molecule has 0 spiro atoms. The SMILES string of the molecule is c1ccc(-c2cccc(-c3cccc(-c4ccc(-c5cccc(-c6ccccc6-n6c7ccccc7c7cc(-c8ccc9c(c8)c8ccccc8n9-c8ccccc8)ccc76)c5)cc4)c3)c2)cc1. The van der Waals surface area contributed by atoms with Gasteiger partial charge in [-0.3, -0.25) is 0 Å². The van der Waals surface area contributed by atoms with Crippen LogP contribution in [0.4, 0.5) is 0 Å². The first-order valence-electron chi connectivity index (χ1n) is 23.4. The number of nitrogens with zero attached hydrogens (tertiary/aromatic N) is 2. The second-order valence-electron chi connectivity index (χ2n) is 17.7. The van der Waals surface area contributed by atoms with E-state index >= 15 is 0 Å². The maximum Gasteiger partial charge on any atom is 0.0541 e. The lowest BCUT2D eigenvalue weighted by Gasteiger charge is -2.15. The van der Waals surface area contributed by atoms with E-state index in [1.807, 2.05) is 0 Å². The lowest BCUT2D eigenvalue weighted by atomic mass is 9.94. The van der Waals surface area contributed by atoms with E-state index in [0.717, 1.165) is 5.69 Å². The average Bonchev–Trinajstić information content (AvgIpc) is 3.94. The highest BCUT2D eigenvalue weighted by atomic mass is 15.0. The molecule has 2 heterocycles. The van der Waals surface area contributed by atoms with Gasteiger partial charge in [0.15, 0.2) is 0 Å². The summed E-state index contributed by atoms with van der Waals surface area (Å²) in [5.74, 6) is 0. The number of para-hydroxylation sites is 4. The smallest absolute Gasteiger partial charge is 0.0541 e. The molecule has 0 atom stereocenters. The Balaban J connectivity index is 0.840. The zero-order chi connectivity index (χ0) is 45.0. The van der Waals surface area contributed by atoms with E-state index in [-0.39, 0.29) is 0 Å². The van der Waals surface area contributed by atoms with Crippen molar-refractivity contribution in [1.29, 1.82) is 0 Å². The molecule has 318 valence electrons. The van der Waals surface area contributed by atoms with Crippen LogP contribution in [-0.2, 0) is 0 Å². The summed E-state index contributed by atoms with van der Waals surface area (Å²) < 4.78 is 4.83. The summed E-state index contributed by atoms with van der Waals surface area (Å²) in [5, 5.41) is 4.98. The van der Waals surface area contributed by atoms with Gasteiger partial charge in [-0.25, -0.2) is 0 Å².